The second kappa shape index (κ2) is 9.93. The van der Waals surface area contributed by atoms with Crippen molar-refractivity contribution in [3.05, 3.63) is 92.5 Å². The van der Waals surface area contributed by atoms with Gasteiger partial charge in [-0.1, -0.05) is 33.6 Å². The van der Waals surface area contributed by atoms with Gasteiger partial charge in [0.1, 0.15) is 5.69 Å². The van der Waals surface area contributed by atoms with Crippen molar-refractivity contribution in [2.75, 3.05) is 16.1 Å². The number of carbonyl (C=O) groups excluding carboxylic acids is 3. The molecule has 1 aromatic heterocycles. The summed E-state index contributed by atoms with van der Waals surface area (Å²) in [6.07, 6.45) is 0. The van der Waals surface area contributed by atoms with Gasteiger partial charge in [0.05, 0.1) is 5.52 Å². The largest absolute Gasteiger partial charge is 0.328 e. The average Bonchev–Trinajstić information content (AvgIpc) is 3.13. The number of fused-ring (bicyclic) bond motifs is 1. The Hall–Kier alpha value is -3.62. The zero-order chi connectivity index (χ0) is 25.3. The lowest BCUT2D eigenvalue weighted by atomic mass is 10.1. The van der Waals surface area contributed by atoms with Crippen LogP contribution in [0.4, 0.5) is 11.4 Å². The van der Waals surface area contributed by atoms with E-state index in [1.165, 1.54) is 4.68 Å². The first-order valence-electron chi connectivity index (χ1n) is 10.7. The number of hydrogen-bond donors (Lipinski definition) is 3. The van der Waals surface area contributed by atoms with Gasteiger partial charge in [-0.2, -0.15) is 0 Å². The van der Waals surface area contributed by atoms with E-state index in [4.69, 9.17) is 11.6 Å². The standard InChI is InChI=1S/C26H22BrClN4O3/c1-14-8-15(2)10-20(9-14)30-25(34)26(35)31-32-22-7-4-18(28)12-17(22)13-23(32)24(33)29-19-5-6-21(27)16(3)11-19/h4-13H,1-3H3,(H,29,33)(H,30,34)(H,31,35). The van der Waals surface area contributed by atoms with Gasteiger partial charge >= 0.3 is 11.8 Å². The third-order valence-electron chi connectivity index (χ3n) is 5.31. The first-order valence-corrected chi connectivity index (χ1v) is 11.9. The molecule has 0 bridgehead atoms. The van der Waals surface area contributed by atoms with Crippen molar-refractivity contribution in [1.29, 1.82) is 0 Å². The molecule has 4 aromatic rings. The van der Waals surface area contributed by atoms with Gasteiger partial charge in [0.15, 0.2) is 0 Å². The molecule has 3 amide bonds. The summed E-state index contributed by atoms with van der Waals surface area (Å²) in [6, 6.07) is 17.5. The number of nitrogens with one attached hydrogen (secondary N) is 3. The number of hydrogen-bond acceptors (Lipinski definition) is 3. The Labute approximate surface area is 215 Å². The number of nitrogens with zero attached hydrogens (tertiary/aromatic N) is 1. The van der Waals surface area contributed by atoms with Gasteiger partial charge in [0, 0.05) is 26.3 Å². The summed E-state index contributed by atoms with van der Waals surface area (Å²) in [7, 11) is 0. The van der Waals surface area contributed by atoms with E-state index in [-0.39, 0.29) is 5.69 Å². The summed E-state index contributed by atoms with van der Waals surface area (Å²) >= 11 is 9.57. The fraction of sp³-hybridized carbons (Fsp3) is 0.115. The Bertz CT molecular complexity index is 1480. The highest BCUT2D eigenvalue weighted by Gasteiger charge is 2.21. The Morgan fingerprint density at radius 3 is 2.20 bits per heavy atom. The van der Waals surface area contributed by atoms with Gasteiger partial charge in [-0.3, -0.25) is 19.8 Å². The van der Waals surface area contributed by atoms with Crippen LogP contribution in [0.25, 0.3) is 10.9 Å². The highest BCUT2D eigenvalue weighted by atomic mass is 79.9. The third-order valence-corrected chi connectivity index (χ3v) is 6.44. The summed E-state index contributed by atoms with van der Waals surface area (Å²) in [5.74, 6) is -2.25. The Morgan fingerprint density at radius 1 is 0.800 bits per heavy atom. The predicted octanol–water partition coefficient (Wildman–Crippen LogP) is 5.94. The van der Waals surface area contributed by atoms with Crippen molar-refractivity contribution in [1.82, 2.24) is 4.68 Å². The average molecular weight is 554 g/mol. The lowest BCUT2D eigenvalue weighted by Crippen LogP contribution is -2.36. The van der Waals surface area contributed by atoms with Crippen LogP contribution in [0.15, 0.2) is 65.1 Å². The van der Waals surface area contributed by atoms with Crippen LogP contribution in [0.3, 0.4) is 0 Å². The number of anilines is 2. The Kier molecular flexibility index (Phi) is 6.95. The SMILES string of the molecule is Cc1cc(C)cc(NC(=O)C(=O)Nn2c(C(=O)Nc3ccc(Br)c(C)c3)cc3cc(Cl)ccc32)c1. The monoisotopic (exact) mass is 552 g/mol. The molecule has 7 nitrogen and oxygen atoms in total. The number of benzene rings is 3. The maximum Gasteiger partial charge on any atom is 0.328 e. The van der Waals surface area contributed by atoms with E-state index in [0.29, 0.717) is 27.3 Å². The summed E-state index contributed by atoms with van der Waals surface area (Å²) in [4.78, 5) is 38.6. The van der Waals surface area contributed by atoms with Crippen LogP contribution in [0.5, 0.6) is 0 Å². The fourth-order valence-corrected chi connectivity index (χ4v) is 4.21. The molecule has 0 radical (unpaired) electrons. The van der Waals surface area contributed by atoms with E-state index in [2.05, 4.69) is 32.0 Å². The quantitative estimate of drug-likeness (QED) is 0.273. The number of carbonyl (C=O) groups is 3. The molecule has 1 heterocycles. The highest BCUT2D eigenvalue weighted by Crippen LogP contribution is 2.25. The minimum Gasteiger partial charge on any atom is -0.321 e. The van der Waals surface area contributed by atoms with Gasteiger partial charge in [0.25, 0.3) is 5.91 Å². The fourth-order valence-electron chi connectivity index (χ4n) is 3.78. The maximum atomic E-state index is 13.2. The molecular weight excluding hydrogens is 532 g/mol. The molecule has 3 N–H and O–H groups in total. The molecule has 0 spiro atoms. The van der Waals surface area contributed by atoms with Crippen molar-refractivity contribution in [3.63, 3.8) is 0 Å². The van der Waals surface area contributed by atoms with Gasteiger partial charge in [0.2, 0.25) is 0 Å². The zero-order valence-electron chi connectivity index (χ0n) is 19.2. The molecule has 0 saturated heterocycles. The van der Waals surface area contributed by atoms with E-state index in [9.17, 15) is 14.4 Å². The van der Waals surface area contributed by atoms with Gasteiger partial charge in [-0.25, -0.2) is 4.68 Å². The molecule has 178 valence electrons. The van der Waals surface area contributed by atoms with Crippen LogP contribution in [0.2, 0.25) is 5.02 Å². The van der Waals surface area contributed by atoms with Gasteiger partial charge < -0.3 is 10.6 Å². The molecule has 35 heavy (non-hydrogen) atoms. The molecule has 0 unspecified atom stereocenters. The van der Waals surface area contributed by atoms with Crippen molar-refractivity contribution in [3.8, 4) is 0 Å². The van der Waals surface area contributed by atoms with Crippen LogP contribution in [0, 0.1) is 20.8 Å². The Balaban J connectivity index is 1.63. The molecule has 0 saturated carbocycles. The normalized spacial score (nSPS) is 10.8. The third kappa shape index (κ3) is 5.55. The van der Waals surface area contributed by atoms with Crippen molar-refractivity contribution in [2.45, 2.75) is 20.8 Å². The molecule has 0 atom stereocenters. The predicted molar refractivity (Wildman–Crippen MR) is 143 cm³/mol. The van der Waals surface area contributed by atoms with Crippen molar-refractivity contribution in [2.24, 2.45) is 0 Å². The van der Waals surface area contributed by atoms with Gasteiger partial charge in [-0.15, -0.1) is 0 Å². The van der Waals surface area contributed by atoms with E-state index >= 15 is 0 Å². The van der Waals surface area contributed by atoms with E-state index < -0.39 is 17.7 Å². The Morgan fingerprint density at radius 2 is 1.51 bits per heavy atom. The number of rotatable bonds is 4. The second-order valence-corrected chi connectivity index (χ2v) is 9.55. The van der Waals surface area contributed by atoms with Gasteiger partial charge in [-0.05, 0) is 92.1 Å². The topological polar surface area (TPSA) is 92.2 Å². The smallest absolute Gasteiger partial charge is 0.321 e. The summed E-state index contributed by atoms with van der Waals surface area (Å²) < 4.78 is 2.21. The summed E-state index contributed by atoms with van der Waals surface area (Å²) in [5, 5.41) is 6.54. The molecule has 9 heteroatoms. The van der Waals surface area contributed by atoms with Crippen molar-refractivity contribution < 1.29 is 14.4 Å². The lowest BCUT2D eigenvalue weighted by molar-refractivity contribution is -0.133. The number of amides is 3. The second-order valence-electron chi connectivity index (χ2n) is 8.26. The number of aromatic nitrogens is 1. The minimum absolute atomic E-state index is 0.135. The van der Waals surface area contributed by atoms with E-state index in [1.54, 1.807) is 42.5 Å². The molecule has 0 aliphatic rings. The molecule has 0 aliphatic carbocycles. The molecule has 0 fully saturated rings. The van der Waals surface area contributed by atoms with E-state index in [0.717, 1.165) is 21.2 Å². The van der Waals surface area contributed by atoms with Crippen LogP contribution < -0.4 is 16.1 Å². The van der Waals surface area contributed by atoms with Crippen molar-refractivity contribution >= 4 is 67.5 Å². The molecule has 3 aromatic carbocycles. The van der Waals surface area contributed by atoms with Crippen LogP contribution in [-0.2, 0) is 9.59 Å². The van der Waals surface area contributed by atoms with Crippen LogP contribution >= 0.6 is 27.5 Å². The molecular formula is C26H22BrClN4O3. The summed E-state index contributed by atoms with van der Waals surface area (Å²) in [5.41, 5.74) is 7.15. The maximum absolute atomic E-state index is 13.2. The zero-order valence-corrected chi connectivity index (χ0v) is 21.5. The van der Waals surface area contributed by atoms with Crippen LogP contribution in [-0.4, -0.2) is 22.4 Å². The molecule has 4 rings (SSSR count). The first-order chi connectivity index (χ1) is 16.6. The number of halogens is 2. The van der Waals surface area contributed by atoms with Crippen LogP contribution in [0.1, 0.15) is 27.2 Å². The lowest BCUT2D eigenvalue weighted by Gasteiger charge is -2.13. The minimum atomic E-state index is -0.926. The van der Waals surface area contributed by atoms with E-state index in [1.807, 2.05) is 39.0 Å². The first kappa shape index (κ1) is 24.5. The molecule has 0 aliphatic heterocycles. The highest BCUT2D eigenvalue weighted by molar-refractivity contribution is 9.10. The summed E-state index contributed by atoms with van der Waals surface area (Å²) in [6.45, 7) is 5.71. The number of aryl methyl sites for hydroxylation is 3.